The molecular formula is C20H26FN5O5S2. The summed E-state index contributed by atoms with van der Waals surface area (Å²) < 4.78 is 45.4. The van der Waals surface area contributed by atoms with Gasteiger partial charge in [-0.2, -0.15) is 8.70 Å². The lowest BCUT2D eigenvalue weighted by Gasteiger charge is -2.19. The number of hydrogen-bond acceptors (Lipinski definition) is 9. The Morgan fingerprint density at radius 1 is 1.30 bits per heavy atom. The number of nitrogens with one attached hydrogen (secondary N) is 1. The molecule has 1 aliphatic heterocycles. The highest BCUT2D eigenvalue weighted by molar-refractivity contribution is 7.89. The second-order valence-electron chi connectivity index (χ2n) is 7.61. The Morgan fingerprint density at radius 3 is 2.61 bits per heavy atom. The predicted molar refractivity (Wildman–Crippen MR) is 122 cm³/mol. The Labute approximate surface area is 196 Å². The Balaban J connectivity index is 1.82. The molecule has 1 atom stereocenters. The number of hydrogen-bond donors (Lipinski definition) is 1. The molecule has 0 radical (unpaired) electrons. The van der Waals surface area contributed by atoms with E-state index in [1.54, 1.807) is 0 Å². The van der Waals surface area contributed by atoms with E-state index in [2.05, 4.69) is 15.5 Å². The third-order valence-corrected chi connectivity index (χ3v) is 7.36. The van der Waals surface area contributed by atoms with Crippen LogP contribution < -0.4 is 5.32 Å². The van der Waals surface area contributed by atoms with Crippen molar-refractivity contribution in [3.8, 4) is 0 Å². The fraction of sp³-hybridized carbons (Fsp3) is 0.450. The molecular weight excluding hydrogens is 473 g/mol. The zero-order valence-electron chi connectivity index (χ0n) is 18.5. The van der Waals surface area contributed by atoms with Crippen LogP contribution in [0.1, 0.15) is 12.0 Å². The van der Waals surface area contributed by atoms with Gasteiger partial charge in [0.05, 0.1) is 24.3 Å². The van der Waals surface area contributed by atoms with Gasteiger partial charge in [0.25, 0.3) is 5.91 Å². The summed E-state index contributed by atoms with van der Waals surface area (Å²) >= 11 is 0.674. The quantitative estimate of drug-likeness (QED) is 0.390. The molecule has 0 aliphatic carbocycles. The number of halogens is 1. The number of sulfonamides is 1. The number of rotatable bonds is 10. The van der Waals surface area contributed by atoms with Gasteiger partial charge in [0, 0.05) is 32.1 Å². The molecule has 13 heteroatoms. The number of amides is 1. The largest absolute Gasteiger partial charge is 0.389 e. The average molecular weight is 500 g/mol. The van der Waals surface area contributed by atoms with Crippen LogP contribution in [0.3, 0.4) is 0 Å². The Bertz CT molecular complexity index is 1080. The van der Waals surface area contributed by atoms with Crippen LogP contribution in [-0.2, 0) is 24.4 Å². The molecule has 0 spiro atoms. The number of anilines is 1. The molecule has 1 aromatic carbocycles. The topological polar surface area (TPSA) is 113 Å². The molecule has 0 unspecified atom stereocenters. The number of benzene rings is 1. The maximum absolute atomic E-state index is 13.2. The highest BCUT2D eigenvalue weighted by Crippen LogP contribution is 2.19. The summed E-state index contributed by atoms with van der Waals surface area (Å²) in [4.78, 5) is 24.0. The number of oxime groups is 1. The van der Waals surface area contributed by atoms with Crippen molar-refractivity contribution >= 4 is 38.1 Å². The van der Waals surface area contributed by atoms with Crippen LogP contribution in [0.25, 0.3) is 0 Å². The minimum absolute atomic E-state index is 0.0658. The number of aromatic nitrogens is 1. The lowest BCUT2D eigenvalue weighted by Crippen LogP contribution is -2.33. The van der Waals surface area contributed by atoms with Gasteiger partial charge in [-0.15, -0.1) is 0 Å². The van der Waals surface area contributed by atoms with Crippen LogP contribution in [0.2, 0.25) is 0 Å². The van der Waals surface area contributed by atoms with E-state index in [1.807, 2.05) is 19.0 Å². The van der Waals surface area contributed by atoms with E-state index in [-0.39, 0.29) is 21.8 Å². The highest BCUT2D eigenvalue weighted by Gasteiger charge is 2.24. The Kier molecular flexibility index (Phi) is 8.48. The zero-order valence-corrected chi connectivity index (χ0v) is 20.2. The molecule has 0 saturated carbocycles. The van der Waals surface area contributed by atoms with Crippen LogP contribution in [0, 0.1) is 5.13 Å². The standard InChI is InChI=1S/C20H26FN5O5S2/c1-25(2)9-10-26(3)33(28,29)16-6-4-14(5-7-16)18(24-31-15-8-11-30-13-15)19(27)23-20-22-12-17(21)32-20/h4-7,12,15H,8-11,13H2,1-3H3,(H,22,23,27)/t15-/m1/s1. The second-order valence-corrected chi connectivity index (χ2v) is 10.6. The van der Waals surface area contributed by atoms with Crippen LogP contribution in [0.4, 0.5) is 9.52 Å². The number of likely N-dealkylation sites (N-methyl/N-ethyl adjacent to an activating group) is 2. The highest BCUT2D eigenvalue weighted by atomic mass is 32.2. The number of carbonyl (C=O) groups excluding carboxylic acids is 1. The lowest BCUT2D eigenvalue weighted by atomic mass is 10.1. The van der Waals surface area contributed by atoms with E-state index in [0.29, 0.717) is 49.6 Å². The Morgan fingerprint density at radius 2 is 2.03 bits per heavy atom. The third kappa shape index (κ3) is 6.77. The minimum Gasteiger partial charge on any atom is -0.389 e. The average Bonchev–Trinajstić information content (AvgIpc) is 3.44. The first-order valence-electron chi connectivity index (χ1n) is 10.1. The lowest BCUT2D eigenvalue weighted by molar-refractivity contribution is -0.110. The van der Waals surface area contributed by atoms with Crippen LogP contribution >= 0.6 is 11.3 Å². The van der Waals surface area contributed by atoms with Crippen molar-refractivity contribution in [2.75, 3.05) is 52.8 Å². The molecule has 1 aliphatic rings. The number of nitrogens with zero attached hydrogens (tertiary/aromatic N) is 4. The first kappa shape index (κ1) is 25.2. The molecule has 10 nitrogen and oxygen atoms in total. The molecule has 180 valence electrons. The van der Waals surface area contributed by atoms with E-state index in [1.165, 1.54) is 35.6 Å². The molecule has 0 bridgehead atoms. The van der Waals surface area contributed by atoms with Crippen LogP contribution in [0.5, 0.6) is 0 Å². The van der Waals surface area contributed by atoms with Gasteiger partial charge in [-0.25, -0.2) is 13.4 Å². The van der Waals surface area contributed by atoms with E-state index < -0.39 is 21.1 Å². The van der Waals surface area contributed by atoms with E-state index in [9.17, 15) is 17.6 Å². The maximum atomic E-state index is 13.2. The SMILES string of the molecule is CN(C)CCN(C)S(=O)(=O)c1ccc(C(=NO[C@@H]2CCOC2)C(=O)Nc2ncc(F)s2)cc1. The van der Waals surface area contributed by atoms with Crippen molar-refractivity contribution in [3.63, 3.8) is 0 Å². The monoisotopic (exact) mass is 499 g/mol. The van der Waals surface area contributed by atoms with Crippen molar-refractivity contribution in [1.82, 2.24) is 14.2 Å². The summed E-state index contributed by atoms with van der Waals surface area (Å²) in [5.74, 6) is -0.665. The third-order valence-electron chi connectivity index (χ3n) is 4.79. The van der Waals surface area contributed by atoms with Crippen molar-refractivity contribution < 1.29 is 27.2 Å². The van der Waals surface area contributed by atoms with Gasteiger partial charge in [-0.3, -0.25) is 10.1 Å². The second kappa shape index (κ2) is 11.1. The number of carbonyl (C=O) groups is 1. The smallest absolute Gasteiger partial charge is 0.280 e. The summed E-state index contributed by atoms with van der Waals surface area (Å²) in [5.41, 5.74) is 0.237. The molecule has 1 saturated heterocycles. The summed E-state index contributed by atoms with van der Waals surface area (Å²) in [7, 11) is 1.54. The fourth-order valence-corrected chi connectivity index (χ4v) is 4.54. The minimum atomic E-state index is -3.70. The van der Waals surface area contributed by atoms with Gasteiger partial charge >= 0.3 is 0 Å². The predicted octanol–water partition coefficient (Wildman–Crippen LogP) is 1.61. The van der Waals surface area contributed by atoms with E-state index in [0.717, 1.165) is 6.20 Å². The van der Waals surface area contributed by atoms with E-state index in [4.69, 9.17) is 9.57 Å². The maximum Gasteiger partial charge on any atom is 0.280 e. The van der Waals surface area contributed by atoms with Gasteiger partial charge in [0.1, 0.15) is 0 Å². The summed E-state index contributed by atoms with van der Waals surface area (Å²) in [6.07, 6.45) is 1.33. The molecule has 3 rings (SSSR count). The van der Waals surface area contributed by atoms with Crippen molar-refractivity contribution in [3.05, 3.63) is 41.2 Å². The van der Waals surface area contributed by atoms with Crippen molar-refractivity contribution in [1.29, 1.82) is 0 Å². The van der Waals surface area contributed by atoms with Crippen LogP contribution in [0.15, 0.2) is 40.5 Å². The van der Waals surface area contributed by atoms with E-state index >= 15 is 0 Å². The molecule has 2 heterocycles. The summed E-state index contributed by atoms with van der Waals surface area (Å²) in [6, 6.07) is 5.76. The summed E-state index contributed by atoms with van der Waals surface area (Å²) in [5, 5.41) is 6.00. The first-order chi connectivity index (χ1) is 15.7. The first-order valence-corrected chi connectivity index (χ1v) is 12.4. The molecule has 1 fully saturated rings. The van der Waals surface area contributed by atoms with Gasteiger partial charge in [-0.1, -0.05) is 28.6 Å². The molecule has 1 N–H and O–H groups in total. The van der Waals surface area contributed by atoms with Crippen LogP contribution in [-0.4, -0.2) is 87.8 Å². The zero-order chi connectivity index (χ0) is 24.0. The van der Waals surface area contributed by atoms with Gasteiger partial charge < -0.3 is 14.5 Å². The van der Waals surface area contributed by atoms with Gasteiger partial charge in [0.15, 0.2) is 22.1 Å². The van der Waals surface area contributed by atoms with Crippen molar-refractivity contribution in [2.45, 2.75) is 17.4 Å². The van der Waals surface area contributed by atoms with Crippen molar-refractivity contribution in [2.24, 2.45) is 5.16 Å². The molecule has 1 aromatic heterocycles. The number of thiazole rings is 1. The van der Waals surface area contributed by atoms with Gasteiger partial charge in [0.2, 0.25) is 10.0 Å². The normalized spacial score (nSPS) is 17.0. The molecule has 33 heavy (non-hydrogen) atoms. The molecule has 2 aromatic rings. The Hall–Kier alpha value is -2.45. The van der Waals surface area contributed by atoms with Gasteiger partial charge in [-0.05, 0) is 26.2 Å². The molecule has 1 amide bonds. The fourth-order valence-electron chi connectivity index (χ4n) is 2.84. The summed E-state index contributed by atoms with van der Waals surface area (Å²) in [6.45, 7) is 1.79. The number of ether oxygens (including phenoxy) is 1.